The Kier molecular flexibility index (Phi) is 7.87. The Labute approximate surface area is 143 Å². The van der Waals surface area contributed by atoms with E-state index >= 15 is 0 Å². The molecule has 1 amide bonds. The van der Waals surface area contributed by atoms with Crippen LogP contribution in [0, 0.1) is 0 Å². The van der Waals surface area contributed by atoms with Gasteiger partial charge in [0.05, 0.1) is 24.6 Å². The number of benzene rings is 1. The standard InChI is InChI=1S/C16H24N2O5S/c1-4-5-11-18(24(3,21)22)12-10-15(19)17-14-9-7-6-8-13(14)16(20)23-2/h6-9H,4-5,10-12H2,1-3H3,(H,17,19). The summed E-state index contributed by atoms with van der Waals surface area (Å²) in [5, 5.41) is 2.63. The van der Waals surface area contributed by atoms with Gasteiger partial charge in [0.2, 0.25) is 15.9 Å². The van der Waals surface area contributed by atoms with E-state index < -0.39 is 16.0 Å². The number of rotatable bonds is 9. The highest BCUT2D eigenvalue weighted by molar-refractivity contribution is 7.88. The molecule has 0 fully saturated rings. The summed E-state index contributed by atoms with van der Waals surface area (Å²) in [6, 6.07) is 6.49. The number of ether oxygens (including phenoxy) is 1. The van der Waals surface area contributed by atoms with E-state index in [1.54, 1.807) is 24.3 Å². The van der Waals surface area contributed by atoms with Crippen molar-refractivity contribution in [3.05, 3.63) is 29.8 Å². The van der Waals surface area contributed by atoms with Gasteiger partial charge in [-0.3, -0.25) is 4.79 Å². The molecular weight excluding hydrogens is 332 g/mol. The minimum Gasteiger partial charge on any atom is -0.465 e. The molecule has 1 aromatic rings. The van der Waals surface area contributed by atoms with Crippen molar-refractivity contribution in [2.75, 3.05) is 31.8 Å². The van der Waals surface area contributed by atoms with Crippen LogP contribution in [0.5, 0.6) is 0 Å². The number of esters is 1. The molecule has 0 saturated heterocycles. The molecule has 0 unspecified atom stereocenters. The minimum atomic E-state index is -3.35. The minimum absolute atomic E-state index is 0.00624. The number of hydrogen-bond acceptors (Lipinski definition) is 5. The van der Waals surface area contributed by atoms with Crippen molar-refractivity contribution in [1.29, 1.82) is 0 Å². The smallest absolute Gasteiger partial charge is 0.339 e. The first-order valence-corrected chi connectivity index (χ1v) is 9.56. The summed E-state index contributed by atoms with van der Waals surface area (Å²) in [7, 11) is -2.09. The van der Waals surface area contributed by atoms with E-state index in [0.29, 0.717) is 12.2 Å². The predicted molar refractivity (Wildman–Crippen MR) is 92.4 cm³/mol. The zero-order chi connectivity index (χ0) is 18.2. The van der Waals surface area contributed by atoms with Crippen molar-refractivity contribution in [2.45, 2.75) is 26.2 Å². The van der Waals surface area contributed by atoms with E-state index in [4.69, 9.17) is 0 Å². The number of methoxy groups -OCH3 is 1. The van der Waals surface area contributed by atoms with E-state index in [-0.39, 0.29) is 24.4 Å². The predicted octanol–water partition coefficient (Wildman–Crippen LogP) is 1.86. The van der Waals surface area contributed by atoms with Gasteiger partial charge in [0.25, 0.3) is 0 Å². The summed E-state index contributed by atoms with van der Waals surface area (Å²) in [5.41, 5.74) is 0.591. The third-order valence-electron chi connectivity index (χ3n) is 3.42. The van der Waals surface area contributed by atoms with Crippen LogP contribution >= 0.6 is 0 Å². The molecule has 8 heteroatoms. The van der Waals surface area contributed by atoms with Crippen molar-refractivity contribution in [3.8, 4) is 0 Å². The van der Waals surface area contributed by atoms with Gasteiger partial charge in [-0.25, -0.2) is 17.5 Å². The maximum atomic E-state index is 12.1. The number of nitrogens with zero attached hydrogens (tertiary/aromatic N) is 1. The molecule has 0 aliphatic heterocycles. The van der Waals surface area contributed by atoms with E-state index in [0.717, 1.165) is 19.1 Å². The molecule has 134 valence electrons. The highest BCUT2D eigenvalue weighted by atomic mass is 32.2. The van der Waals surface area contributed by atoms with Crippen molar-refractivity contribution in [1.82, 2.24) is 4.31 Å². The highest BCUT2D eigenvalue weighted by Gasteiger charge is 2.18. The van der Waals surface area contributed by atoms with Gasteiger partial charge in [0.1, 0.15) is 0 Å². The van der Waals surface area contributed by atoms with E-state index in [2.05, 4.69) is 10.1 Å². The van der Waals surface area contributed by atoms with Gasteiger partial charge in [-0.05, 0) is 18.6 Å². The zero-order valence-corrected chi connectivity index (χ0v) is 15.1. The molecule has 0 aromatic heterocycles. The van der Waals surface area contributed by atoms with Crippen molar-refractivity contribution in [2.24, 2.45) is 0 Å². The maximum Gasteiger partial charge on any atom is 0.339 e. The van der Waals surface area contributed by atoms with Crippen LogP contribution in [0.3, 0.4) is 0 Å². The fourth-order valence-electron chi connectivity index (χ4n) is 2.10. The van der Waals surface area contributed by atoms with Crippen LogP contribution in [0.2, 0.25) is 0 Å². The van der Waals surface area contributed by atoms with E-state index in [9.17, 15) is 18.0 Å². The lowest BCUT2D eigenvalue weighted by molar-refractivity contribution is -0.116. The van der Waals surface area contributed by atoms with Gasteiger partial charge in [0.15, 0.2) is 0 Å². The van der Waals surface area contributed by atoms with Crippen molar-refractivity contribution in [3.63, 3.8) is 0 Å². The third kappa shape index (κ3) is 6.29. The topological polar surface area (TPSA) is 92.8 Å². The normalized spacial score (nSPS) is 11.3. The number of anilines is 1. The molecule has 0 aliphatic rings. The zero-order valence-electron chi connectivity index (χ0n) is 14.2. The van der Waals surface area contributed by atoms with Crippen LogP contribution in [-0.2, 0) is 19.6 Å². The first-order chi connectivity index (χ1) is 11.3. The first kappa shape index (κ1) is 20.1. The molecule has 7 nitrogen and oxygen atoms in total. The maximum absolute atomic E-state index is 12.1. The van der Waals surface area contributed by atoms with Gasteiger partial charge >= 0.3 is 5.97 Å². The molecule has 1 N–H and O–H groups in total. The van der Waals surface area contributed by atoms with E-state index in [1.807, 2.05) is 6.92 Å². The van der Waals surface area contributed by atoms with Gasteiger partial charge < -0.3 is 10.1 Å². The van der Waals surface area contributed by atoms with Crippen LogP contribution in [0.4, 0.5) is 5.69 Å². The molecule has 1 rings (SSSR count). The summed E-state index contributed by atoms with van der Waals surface area (Å²) < 4.78 is 29.4. The molecule has 0 heterocycles. The number of amides is 1. The molecule has 0 aliphatic carbocycles. The monoisotopic (exact) mass is 356 g/mol. The number of nitrogens with one attached hydrogen (secondary N) is 1. The SMILES string of the molecule is CCCCN(CCC(=O)Nc1ccccc1C(=O)OC)S(C)(=O)=O. The Morgan fingerprint density at radius 2 is 1.88 bits per heavy atom. The van der Waals surface area contributed by atoms with Crippen LogP contribution < -0.4 is 5.32 Å². The Hall–Kier alpha value is -1.93. The molecule has 0 radical (unpaired) electrons. The molecule has 0 saturated carbocycles. The van der Waals surface area contributed by atoms with Crippen LogP contribution in [0.15, 0.2) is 24.3 Å². The second-order valence-corrected chi connectivity index (χ2v) is 7.33. The second kappa shape index (κ2) is 9.39. The number of carbonyl (C=O) groups excluding carboxylic acids is 2. The Balaban J connectivity index is 2.71. The number of sulfonamides is 1. The van der Waals surface area contributed by atoms with Crippen molar-refractivity contribution < 1.29 is 22.7 Å². The summed E-state index contributed by atoms with van der Waals surface area (Å²) >= 11 is 0. The largest absolute Gasteiger partial charge is 0.465 e. The van der Waals surface area contributed by atoms with Crippen LogP contribution in [0.1, 0.15) is 36.5 Å². The van der Waals surface area contributed by atoms with Gasteiger partial charge in [0, 0.05) is 19.5 Å². The Morgan fingerprint density at radius 1 is 1.21 bits per heavy atom. The molecule has 24 heavy (non-hydrogen) atoms. The van der Waals surface area contributed by atoms with Gasteiger partial charge in [-0.1, -0.05) is 25.5 Å². The third-order valence-corrected chi connectivity index (χ3v) is 4.73. The average Bonchev–Trinajstić information content (AvgIpc) is 2.53. The number of para-hydroxylation sites is 1. The lowest BCUT2D eigenvalue weighted by Gasteiger charge is -2.19. The Bertz CT molecular complexity index is 673. The average molecular weight is 356 g/mol. The highest BCUT2D eigenvalue weighted by Crippen LogP contribution is 2.16. The quantitative estimate of drug-likeness (QED) is 0.682. The lowest BCUT2D eigenvalue weighted by Crippen LogP contribution is -2.34. The van der Waals surface area contributed by atoms with Crippen molar-refractivity contribution >= 4 is 27.6 Å². The van der Waals surface area contributed by atoms with Gasteiger partial charge in [-0.2, -0.15) is 0 Å². The summed E-state index contributed by atoms with van der Waals surface area (Å²) in [6.07, 6.45) is 2.74. The number of carbonyl (C=O) groups is 2. The summed E-state index contributed by atoms with van der Waals surface area (Å²) in [4.78, 5) is 23.8. The summed E-state index contributed by atoms with van der Waals surface area (Å²) in [5.74, 6) is -0.914. The van der Waals surface area contributed by atoms with Crippen LogP contribution in [0.25, 0.3) is 0 Å². The van der Waals surface area contributed by atoms with E-state index in [1.165, 1.54) is 11.4 Å². The first-order valence-electron chi connectivity index (χ1n) is 7.72. The molecule has 0 spiro atoms. The fourth-order valence-corrected chi connectivity index (χ4v) is 2.98. The molecule has 0 atom stereocenters. The number of hydrogen-bond donors (Lipinski definition) is 1. The molecule has 1 aromatic carbocycles. The fraction of sp³-hybridized carbons (Fsp3) is 0.500. The van der Waals surface area contributed by atoms with Gasteiger partial charge in [-0.15, -0.1) is 0 Å². The Morgan fingerprint density at radius 3 is 2.46 bits per heavy atom. The molecule has 0 bridgehead atoms. The second-order valence-electron chi connectivity index (χ2n) is 5.35. The lowest BCUT2D eigenvalue weighted by atomic mass is 10.1. The molecular formula is C16H24N2O5S. The van der Waals surface area contributed by atoms with Crippen LogP contribution in [-0.4, -0.2) is 51.1 Å². The summed E-state index contributed by atoms with van der Waals surface area (Å²) in [6.45, 7) is 2.46. The number of unbranched alkanes of at least 4 members (excludes halogenated alkanes) is 1.